The van der Waals surface area contributed by atoms with Crippen LogP contribution in [0.15, 0.2) is 36.4 Å². The first-order valence-corrected chi connectivity index (χ1v) is 11.7. The van der Waals surface area contributed by atoms with Crippen molar-refractivity contribution in [3.63, 3.8) is 0 Å². The Morgan fingerprint density at radius 2 is 1.07 bits per heavy atom. The molecule has 0 aromatic heterocycles. The van der Waals surface area contributed by atoms with Gasteiger partial charge < -0.3 is 0 Å². The highest BCUT2D eigenvalue weighted by Gasteiger charge is 2.10. The quantitative estimate of drug-likeness (QED) is 0.306. The van der Waals surface area contributed by atoms with Gasteiger partial charge in [-0.25, -0.2) is 0 Å². The third-order valence-electron chi connectivity index (χ3n) is 6.06. The van der Waals surface area contributed by atoms with E-state index in [0.717, 1.165) is 0 Å². The zero-order chi connectivity index (χ0) is 20.2. The molecule has 0 spiro atoms. The summed E-state index contributed by atoms with van der Waals surface area (Å²) in [6.07, 6.45) is 13.3. The van der Waals surface area contributed by atoms with E-state index in [1.165, 1.54) is 86.5 Å². The smallest absolute Gasteiger partial charge is 0.00960 e. The van der Waals surface area contributed by atoms with Crippen molar-refractivity contribution in [2.75, 3.05) is 0 Å². The van der Waals surface area contributed by atoms with E-state index < -0.39 is 0 Å². The maximum absolute atomic E-state index is 3.45. The molecule has 2 rings (SSSR count). The minimum Gasteiger partial charge on any atom is -0.0654 e. The van der Waals surface area contributed by atoms with Gasteiger partial charge in [0.1, 0.15) is 0 Å². The van der Waals surface area contributed by atoms with Crippen molar-refractivity contribution in [1.29, 1.82) is 0 Å². The standard InChI is InChI=1S/C28H40/c1-5-7-9-11-15-23(3)25-17-13-19-27(21-25)28-20-14-18-26(22-28)24(4)16-12-10-8-6-2/h13-14,17-18,21-24H,5-12,15-16H2,1-4H3. The van der Waals surface area contributed by atoms with Gasteiger partial charge in [-0.1, -0.05) is 115 Å². The van der Waals surface area contributed by atoms with Crippen LogP contribution in [0.5, 0.6) is 0 Å². The highest BCUT2D eigenvalue weighted by atomic mass is 14.1. The minimum absolute atomic E-state index is 0.617. The van der Waals surface area contributed by atoms with Gasteiger partial charge in [0.25, 0.3) is 0 Å². The van der Waals surface area contributed by atoms with Crippen LogP contribution in [0.25, 0.3) is 11.1 Å². The second-order valence-corrected chi connectivity index (χ2v) is 8.57. The summed E-state index contributed by atoms with van der Waals surface area (Å²) in [6.45, 7) is 9.28. The maximum Gasteiger partial charge on any atom is -0.00960 e. The van der Waals surface area contributed by atoms with E-state index in [2.05, 4.69) is 76.2 Å². The van der Waals surface area contributed by atoms with E-state index in [-0.39, 0.29) is 0 Å². The SMILES string of the molecule is CCCCCCC(C)c1cc[c]c(-c2[c]ccc(C(C)CCCCCC)c2)c1. The first-order valence-electron chi connectivity index (χ1n) is 11.7. The molecule has 2 radical (unpaired) electrons. The fourth-order valence-electron chi connectivity index (χ4n) is 3.98. The van der Waals surface area contributed by atoms with Gasteiger partial charge in [0.2, 0.25) is 0 Å². The number of hydrogen-bond donors (Lipinski definition) is 0. The molecule has 0 aliphatic rings. The van der Waals surface area contributed by atoms with Crippen molar-refractivity contribution in [3.8, 4) is 11.1 Å². The van der Waals surface area contributed by atoms with Crippen molar-refractivity contribution in [3.05, 3.63) is 59.7 Å². The first kappa shape index (κ1) is 22.7. The van der Waals surface area contributed by atoms with Gasteiger partial charge in [-0.3, -0.25) is 0 Å². The normalized spacial score (nSPS) is 13.4. The zero-order valence-electron chi connectivity index (χ0n) is 18.7. The Morgan fingerprint density at radius 1 is 0.643 bits per heavy atom. The summed E-state index contributed by atoms with van der Waals surface area (Å²) in [6, 6.07) is 20.3. The predicted octanol–water partition coefficient (Wildman–Crippen LogP) is 9.10. The Balaban J connectivity index is 2.02. The van der Waals surface area contributed by atoms with E-state index in [1.807, 2.05) is 0 Å². The third-order valence-corrected chi connectivity index (χ3v) is 6.06. The zero-order valence-corrected chi connectivity index (χ0v) is 18.7. The van der Waals surface area contributed by atoms with Crippen LogP contribution in [-0.2, 0) is 0 Å². The second-order valence-electron chi connectivity index (χ2n) is 8.57. The van der Waals surface area contributed by atoms with Crippen molar-refractivity contribution < 1.29 is 0 Å². The topological polar surface area (TPSA) is 0 Å². The average molecular weight is 377 g/mol. The average Bonchev–Trinajstić information content (AvgIpc) is 2.74. The van der Waals surface area contributed by atoms with Crippen molar-refractivity contribution in [2.45, 2.75) is 104 Å². The Labute approximate surface area is 174 Å². The monoisotopic (exact) mass is 376 g/mol. The summed E-state index contributed by atoms with van der Waals surface area (Å²) in [5.74, 6) is 1.23. The molecule has 2 aromatic rings. The third kappa shape index (κ3) is 7.46. The molecule has 0 N–H and O–H groups in total. The lowest BCUT2D eigenvalue weighted by Gasteiger charge is -2.15. The van der Waals surface area contributed by atoms with Crippen LogP contribution in [0.1, 0.15) is 115 Å². The van der Waals surface area contributed by atoms with E-state index in [0.29, 0.717) is 11.8 Å². The number of benzene rings is 2. The van der Waals surface area contributed by atoms with Crippen molar-refractivity contribution >= 4 is 0 Å². The molecule has 0 heterocycles. The molecule has 0 nitrogen and oxygen atoms in total. The summed E-state index contributed by atoms with van der Waals surface area (Å²) in [5.41, 5.74) is 5.27. The Bertz CT molecular complexity index is 610. The van der Waals surface area contributed by atoms with Crippen molar-refractivity contribution in [1.82, 2.24) is 0 Å². The van der Waals surface area contributed by atoms with Crippen LogP contribution < -0.4 is 0 Å². The molecule has 0 saturated carbocycles. The second kappa shape index (κ2) is 12.8. The molecule has 2 atom stereocenters. The predicted molar refractivity (Wildman–Crippen MR) is 124 cm³/mol. The lowest BCUT2D eigenvalue weighted by molar-refractivity contribution is 0.580. The number of hydrogen-bond acceptors (Lipinski definition) is 0. The van der Waals surface area contributed by atoms with Gasteiger partial charge in [0, 0.05) is 0 Å². The Hall–Kier alpha value is -1.56. The summed E-state index contributed by atoms with van der Waals surface area (Å²) >= 11 is 0. The van der Waals surface area contributed by atoms with Gasteiger partial charge in [0.05, 0.1) is 0 Å². The molecule has 0 heteroatoms. The van der Waals surface area contributed by atoms with Gasteiger partial charge in [-0.05, 0) is 59.1 Å². The van der Waals surface area contributed by atoms with Gasteiger partial charge >= 0.3 is 0 Å². The van der Waals surface area contributed by atoms with E-state index in [4.69, 9.17) is 0 Å². The lowest BCUT2D eigenvalue weighted by atomic mass is 9.90. The van der Waals surface area contributed by atoms with Crippen LogP contribution in [0.2, 0.25) is 0 Å². The molecule has 0 saturated heterocycles. The summed E-state index contributed by atoms with van der Waals surface area (Å²) in [5, 5.41) is 0. The molecule has 0 amide bonds. The fourth-order valence-corrected chi connectivity index (χ4v) is 3.98. The first-order chi connectivity index (χ1) is 13.7. The Kier molecular flexibility index (Phi) is 10.4. The largest absolute Gasteiger partial charge is 0.0654 e. The van der Waals surface area contributed by atoms with Crippen molar-refractivity contribution in [2.24, 2.45) is 0 Å². The minimum atomic E-state index is 0.617. The highest BCUT2D eigenvalue weighted by Crippen LogP contribution is 2.29. The molecule has 0 bridgehead atoms. The molecule has 2 unspecified atom stereocenters. The molecular weight excluding hydrogens is 336 g/mol. The van der Waals surface area contributed by atoms with Crippen LogP contribution in [0.3, 0.4) is 0 Å². The number of rotatable bonds is 13. The highest BCUT2D eigenvalue weighted by molar-refractivity contribution is 5.64. The summed E-state index contributed by atoms with van der Waals surface area (Å²) in [4.78, 5) is 0. The fraction of sp³-hybridized carbons (Fsp3) is 0.571. The van der Waals surface area contributed by atoms with Gasteiger partial charge in [-0.15, -0.1) is 0 Å². The molecule has 0 fully saturated rings. The van der Waals surface area contributed by atoms with E-state index >= 15 is 0 Å². The van der Waals surface area contributed by atoms with Crippen LogP contribution in [-0.4, -0.2) is 0 Å². The molecule has 0 aliphatic carbocycles. The molecule has 2 aromatic carbocycles. The molecule has 0 aliphatic heterocycles. The number of unbranched alkanes of at least 4 members (excludes halogenated alkanes) is 6. The molecule has 152 valence electrons. The van der Waals surface area contributed by atoms with E-state index in [9.17, 15) is 0 Å². The molecule has 28 heavy (non-hydrogen) atoms. The maximum atomic E-state index is 3.45. The summed E-state index contributed by atoms with van der Waals surface area (Å²) < 4.78 is 0. The van der Waals surface area contributed by atoms with Crippen LogP contribution in [0.4, 0.5) is 0 Å². The lowest BCUT2D eigenvalue weighted by Crippen LogP contribution is -1.96. The van der Waals surface area contributed by atoms with Crippen LogP contribution >= 0.6 is 0 Å². The molecular formula is C28H40. The van der Waals surface area contributed by atoms with Gasteiger partial charge in [0.15, 0.2) is 0 Å². The van der Waals surface area contributed by atoms with E-state index in [1.54, 1.807) is 0 Å². The summed E-state index contributed by atoms with van der Waals surface area (Å²) in [7, 11) is 0. The Morgan fingerprint density at radius 3 is 1.46 bits per heavy atom. The van der Waals surface area contributed by atoms with Gasteiger partial charge in [-0.2, -0.15) is 0 Å². The van der Waals surface area contributed by atoms with Crippen LogP contribution in [0, 0.1) is 12.1 Å².